The summed E-state index contributed by atoms with van der Waals surface area (Å²) < 4.78 is 16.5. The predicted octanol–water partition coefficient (Wildman–Crippen LogP) is 5.95. The fourth-order valence-electron chi connectivity index (χ4n) is 4.80. The van der Waals surface area contributed by atoms with E-state index in [-0.39, 0.29) is 11.7 Å². The van der Waals surface area contributed by atoms with Gasteiger partial charge < -0.3 is 10.6 Å². The number of carbonyl (C=O) groups excluding carboxylic acids is 1. The lowest BCUT2D eigenvalue weighted by molar-refractivity contribution is 0.169. The molecule has 1 aliphatic carbocycles. The highest BCUT2D eigenvalue weighted by atomic mass is 19.1. The van der Waals surface area contributed by atoms with Gasteiger partial charge in [0, 0.05) is 29.9 Å². The van der Waals surface area contributed by atoms with Crippen molar-refractivity contribution >= 4 is 17.3 Å². The molecule has 9 heteroatoms. The molecule has 3 aromatic rings. The van der Waals surface area contributed by atoms with E-state index in [2.05, 4.69) is 63.9 Å². The highest BCUT2D eigenvalue weighted by Gasteiger charge is 2.33. The number of nitrogens with one attached hydrogen (secondary N) is 3. The van der Waals surface area contributed by atoms with Crippen LogP contribution >= 0.6 is 0 Å². The van der Waals surface area contributed by atoms with Gasteiger partial charge in [-0.3, -0.25) is 4.90 Å². The summed E-state index contributed by atoms with van der Waals surface area (Å²) in [4.78, 5) is 15.4. The Labute approximate surface area is 223 Å². The summed E-state index contributed by atoms with van der Waals surface area (Å²) in [6.45, 7) is 12.1. The third kappa shape index (κ3) is 6.52. The fourth-order valence-corrected chi connectivity index (χ4v) is 4.80. The van der Waals surface area contributed by atoms with Crippen molar-refractivity contribution in [2.45, 2.75) is 47.1 Å². The van der Waals surface area contributed by atoms with Crippen LogP contribution < -0.4 is 10.6 Å². The molecule has 1 heterocycles. The number of H-pyrrole nitrogens is 1. The molecule has 1 unspecified atom stereocenters. The third-order valence-electron chi connectivity index (χ3n) is 6.35. The smallest absolute Gasteiger partial charge is 0.308 e. The van der Waals surface area contributed by atoms with Gasteiger partial charge in [0.15, 0.2) is 5.83 Å². The third-order valence-corrected chi connectivity index (χ3v) is 6.35. The summed E-state index contributed by atoms with van der Waals surface area (Å²) in [6, 6.07) is 14.1. The molecule has 1 atom stereocenters. The highest BCUT2D eigenvalue weighted by Crippen LogP contribution is 2.38. The lowest BCUT2D eigenvalue weighted by Gasteiger charge is -2.37. The number of hydrogen-bond donors (Lipinski definition) is 3. The summed E-state index contributed by atoms with van der Waals surface area (Å²) >= 11 is 0. The molecule has 200 valence electrons. The van der Waals surface area contributed by atoms with Gasteiger partial charge in [-0.25, -0.2) is 9.18 Å². The molecule has 4 rings (SSSR count). The monoisotopic (exact) mass is 517 g/mol. The number of aromatic amines is 1. The molecule has 2 aromatic carbocycles. The molecular formula is C29H36FN7O. The van der Waals surface area contributed by atoms with E-state index in [1.807, 2.05) is 61.5 Å². The molecule has 1 aromatic heterocycles. The van der Waals surface area contributed by atoms with E-state index >= 15 is 4.39 Å². The van der Waals surface area contributed by atoms with Crippen molar-refractivity contribution in [1.82, 2.24) is 30.8 Å². The Kier molecular flexibility index (Phi) is 8.68. The first-order valence-corrected chi connectivity index (χ1v) is 13.0. The maximum atomic E-state index is 16.5. The number of carbonyl (C=O) groups is 1. The first-order valence-electron chi connectivity index (χ1n) is 13.0. The standard InChI is InChI=1S/C29H36FN7O/c1-18(2)16-37(17-19(3)4)25-15-14-23(22-8-6-7-9-24(22)28-33-35-36-34-28)26(30)27(25)32-29(38)31-21-12-10-20(5)11-13-21/h6-14,18-19,25H,15-17H2,1-5H3,(H2,31,32,38)(H,33,34,35,36). The number of aromatic nitrogens is 4. The van der Waals surface area contributed by atoms with Gasteiger partial charge >= 0.3 is 6.03 Å². The van der Waals surface area contributed by atoms with Crippen molar-refractivity contribution in [3.05, 3.63) is 77.3 Å². The number of urea groups is 1. The number of halogens is 1. The van der Waals surface area contributed by atoms with Crippen molar-refractivity contribution in [2.24, 2.45) is 11.8 Å². The Balaban J connectivity index is 1.72. The summed E-state index contributed by atoms with van der Waals surface area (Å²) in [6.07, 6.45) is 2.46. The minimum atomic E-state index is -0.481. The number of rotatable bonds is 9. The second-order valence-corrected chi connectivity index (χ2v) is 10.6. The number of aryl methyl sites for hydroxylation is 1. The molecule has 0 aliphatic heterocycles. The van der Waals surface area contributed by atoms with Gasteiger partial charge in [-0.05, 0) is 48.1 Å². The molecule has 0 fully saturated rings. The molecule has 3 N–H and O–H groups in total. The van der Waals surface area contributed by atoms with Crippen molar-refractivity contribution in [3.63, 3.8) is 0 Å². The fraction of sp³-hybridized carbons (Fsp3) is 0.379. The minimum absolute atomic E-state index is 0.260. The van der Waals surface area contributed by atoms with Gasteiger partial charge in [0.1, 0.15) is 0 Å². The van der Waals surface area contributed by atoms with Gasteiger partial charge in [0.05, 0.1) is 11.7 Å². The molecule has 8 nitrogen and oxygen atoms in total. The number of anilines is 1. The quantitative estimate of drug-likeness (QED) is 0.326. The van der Waals surface area contributed by atoms with Crippen LogP contribution in [0.15, 0.2) is 66.1 Å². The van der Waals surface area contributed by atoms with Crippen molar-refractivity contribution in [1.29, 1.82) is 0 Å². The minimum Gasteiger partial charge on any atom is -0.308 e. The second kappa shape index (κ2) is 12.1. The molecule has 0 bridgehead atoms. The number of hydrogen-bond acceptors (Lipinski definition) is 5. The summed E-state index contributed by atoms with van der Waals surface area (Å²) in [5, 5.41) is 20.0. The van der Waals surface area contributed by atoms with Gasteiger partial charge in [-0.2, -0.15) is 5.21 Å². The van der Waals surface area contributed by atoms with Crippen LogP contribution in [0, 0.1) is 18.8 Å². The number of amides is 2. The van der Waals surface area contributed by atoms with Crippen LogP contribution in [0.5, 0.6) is 0 Å². The van der Waals surface area contributed by atoms with Crippen LogP contribution in [0.4, 0.5) is 14.9 Å². The van der Waals surface area contributed by atoms with E-state index in [1.54, 1.807) is 0 Å². The number of nitrogens with zero attached hydrogens (tertiary/aromatic N) is 4. The second-order valence-electron chi connectivity index (χ2n) is 10.6. The zero-order valence-electron chi connectivity index (χ0n) is 22.6. The van der Waals surface area contributed by atoms with Gasteiger partial charge in [-0.1, -0.05) is 75.7 Å². The summed E-state index contributed by atoms with van der Waals surface area (Å²) in [5.74, 6) is 0.672. The Morgan fingerprint density at radius 2 is 1.68 bits per heavy atom. The van der Waals surface area contributed by atoms with E-state index < -0.39 is 11.9 Å². The molecular weight excluding hydrogens is 481 g/mol. The van der Waals surface area contributed by atoms with Gasteiger partial charge in [0.2, 0.25) is 5.82 Å². The van der Waals surface area contributed by atoms with Crippen LogP contribution in [0.25, 0.3) is 17.0 Å². The Morgan fingerprint density at radius 3 is 2.29 bits per heavy atom. The van der Waals surface area contributed by atoms with Crippen LogP contribution in [0.2, 0.25) is 0 Å². The zero-order valence-corrected chi connectivity index (χ0v) is 22.6. The predicted molar refractivity (Wildman–Crippen MR) is 149 cm³/mol. The van der Waals surface area contributed by atoms with Crippen molar-refractivity contribution < 1.29 is 9.18 Å². The number of allylic oxidation sites excluding steroid dienone is 2. The maximum absolute atomic E-state index is 16.5. The van der Waals surface area contributed by atoms with Crippen LogP contribution in [0.1, 0.15) is 45.2 Å². The van der Waals surface area contributed by atoms with Crippen LogP contribution in [-0.4, -0.2) is 50.7 Å². The van der Waals surface area contributed by atoms with Gasteiger partial charge in [-0.15, -0.1) is 10.2 Å². The van der Waals surface area contributed by atoms with Crippen LogP contribution in [0.3, 0.4) is 0 Å². The Bertz CT molecular complexity index is 1290. The molecule has 2 amide bonds. The normalized spacial score (nSPS) is 15.8. The number of benzene rings is 2. The molecule has 1 aliphatic rings. The summed E-state index contributed by atoms with van der Waals surface area (Å²) in [5.41, 5.74) is 3.69. The highest BCUT2D eigenvalue weighted by molar-refractivity contribution is 5.92. The molecule has 38 heavy (non-hydrogen) atoms. The Hall–Kier alpha value is -3.85. The van der Waals surface area contributed by atoms with Crippen LogP contribution in [-0.2, 0) is 0 Å². The largest absolute Gasteiger partial charge is 0.323 e. The SMILES string of the molecule is Cc1ccc(NC(=O)NC2=C(F)C(c3ccccc3-c3nn[nH]n3)=CCC2N(CC(C)C)CC(C)C)cc1. The van der Waals surface area contributed by atoms with E-state index in [4.69, 9.17) is 0 Å². The van der Waals surface area contributed by atoms with Crippen molar-refractivity contribution in [3.8, 4) is 11.4 Å². The molecule has 0 spiro atoms. The zero-order chi connectivity index (χ0) is 27.2. The lowest BCUT2D eigenvalue weighted by atomic mass is 9.89. The summed E-state index contributed by atoms with van der Waals surface area (Å²) in [7, 11) is 0. The molecule has 0 radical (unpaired) electrons. The topological polar surface area (TPSA) is 98.8 Å². The average Bonchev–Trinajstić information content (AvgIpc) is 3.41. The Morgan fingerprint density at radius 1 is 1.03 bits per heavy atom. The van der Waals surface area contributed by atoms with Crippen molar-refractivity contribution in [2.75, 3.05) is 18.4 Å². The van der Waals surface area contributed by atoms with E-state index in [9.17, 15) is 4.79 Å². The molecule has 0 saturated carbocycles. The van der Waals surface area contributed by atoms with E-state index in [0.29, 0.717) is 46.5 Å². The molecule has 0 saturated heterocycles. The van der Waals surface area contributed by atoms with E-state index in [0.717, 1.165) is 18.7 Å². The average molecular weight is 518 g/mol. The first-order chi connectivity index (χ1) is 18.2. The first kappa shape index (κ1) is 27.2. The van der Waals surface area contributed by atoms with Gasteiger partial charge in [0.25, 0.3) is 0 Å². The maximum Gasteiger partial charge on any atom is 0.323 e. The number of tetrazole rings is 1. The van der Waals surface area contributed by atoms with E-state index in [1.165, 1.54) is 0 Å². The lowest BCUT2D eigenvalue weighted by Crippen LogP contribution is -2.47.